The molecule has 3 nitrogen and oxygen atoms in total. The third kappa shape index (κ3) is 2.22. The monoisotopic (exact) mass is 257 g/mol. The van der Waals surface area contributed by atoms with Crippen molar-refractivity contribution in [1.29, 1.82) is 0 Å². The number of hydrogen-bond donors (Lipinski definition) is 1. The van der Waals surface area contributed by atoms with Crippen LogP contribution in [0.25, 0.3) is 0 Å². The van der Waals surface area contributed by atoms with E-state index in [4.69, 9.17) is 0 Å². The van der Waals surface area contributed by atoms with E-state index in [9.17, 15) is 9.90 Å². The summed E-state index contributed by atoms with van der Waals surface area (Å²) in [6.45, 7) is 8.07. The maximum atomic E-state index is 11.6. The van der Waals surface area contributed by atoms with Crippen LogP contribution in [0.3, 0.4) is 0 Å². The van der Waals surface area contributed by atoms with Crippen molar-refractivity contribution in [2.24, 2.45) is 11.3 Å². The number of likely N-dealkylation sites (tertiary alicyclic amines) is 1. The second kappa shape index (κ2) is 4.81. The fraction of sp³-hybridized carbons (Fsp3) is 0.923. The molecule has 4 heteroatoms. The van der Waals surface area contributed by atoms with E-state index in [2.05, 4.69) is 11.8 Å². The van der Waals surface area contributed by atoms with E-state index in [1.165, 1.54) is 12.2 Å². The highest BCUT2D eigenvalue weighted by Crippen LogP contribution is 2.42. The lowest BCUT2D eigenvalue weighted by molar-refractivity contribution is -0.151. The topological polar surface area (TPSA) is 40.5 Å². The molecule has 2 aliphatic heterocycles. The van der Waals surface area contributed by atoms with Crippen LogP contribution in [-0.4, -0.2) is 46.1 Å². The summed E-state index contributed by atoms with van der Waals surface area (Å²) in [5, 5.41) is 10.2. The lowest BCUT2D eigenvalue weighted by Crippen LogP contribution is -2.43. The van der Waals surface area contributed by atoms with Crippen molar-refractivity contribution in [3.8, 4) is 0 Å². The molecule has 0 spiro atoms. The number of hydrogen-bond acceptors (Lipinski definition) is 3. The third-order valence-electron chi connectivity index (χ3n) is 4.67. The van der Waals surface area contributed by atoms with Crippen LogP contribution in [0.4, 0.5) is 0 Å². The van der Waals surface area contributed by atoms with Crippen molar-refractivity contribution in [2.45, 2.75) is 44.9 Å². The van der Waals surface area contributed by atoms with Gasteiger partial charge in [0, 0.05) is 17.8 Å². The molecule has 0 saturated carbocycles. The van der Waals surface area contributed by atoms with Crippen LogP contribution in [0.1, 0.15) is 33.6 Å². The maximum absolute atomic E-state index is 11.6. The number of carboxylic acids is 1. The molecule has 0 aromatic heterocycles. The fourth-order valence-corrected chi connectivity index (χ4v) is 4.52. The highest BCUT2D eigenvalue weighted by Gasteiger charge is 2.49. The summed E-state index contributed by atoms with van der Waals surface area (Å²) in [4.78, 5) is 14.0. The highest BCUT2D eigenvalue weighted by molar-refractivity contribution is 8.00. The normalized spacial score (nSPS) is 39.1. The summed E-state index contributed by atoms with van der Waals surface area (Å²) in [6, 6.07) is 0.597. The number of nitrogens with zero attached hydrogens (tertiary/aromatic N) is 1. The molecule has 0 bridgehead atoms. The zero-order chi connectivity index (χ0) is 12.6. The summed E-state index contributed by atoms with van der Waals surface area (Å²) in [6.07, 6.45) is 2.04. The Labute approximate surface area is 108 Å². The van der Waals surface area contributed by atoms with Crippen molar-refractivity contribution in [3.05, 3.63) is 0 Å². The van der Waals surface area contributed by atoms with Crippen molar-refractivity contribution in [1.82, 2.24) is 4.90 Å². The molecule has 2 heterocycles. The standard InChI is InChI=1S/C13H23NO2S/c1-9(2)13(12(15)16)5-6-14(8-13)11-4-7-17-10(11)3/h9-11H,4-8H2,1-3H3,(H,15,16). The SMILES string of the molecule is CC1SCCC1N1CCC(C(=O)O)(C(C)C)C1. The Morgan fingerprint density at radius 1 is 1.53 bits per heavy atom. The molecule has 0 aromatic carbocycles. The largest absolute Gasteiger partial charge is 0.481 e. The first-order valence-electron chi connectivity index (χ1n) is 6.56. The second-order valence-corrected chi connectivity index (χ2v) is 7.25. The van der Waals surface area contributed by atoms with Gasteiger partial charge in [0.1, 0.15) is 0 Å². The molecule has 2 fully saturated rings. The molecule has 0 aromatic rings. The van der Waals surface area contributed by atoms with Gasteiger partial charge in [0.25, 0.3) is 0 Å². The Bertz CT molecular complexity index is 308. The molecule has 2 saturated heterocycles. The van der Waals surface area contributed by atoms with Gasteiger partial charge in [0.2, 0.25) is 0 Å². The molecule has 17 heavy (non-hydrogen) atoms. The molecule has 3 atom stereocenters. The molecule has 3 unspecified atom stereocenters. The zero-order valence-corrected chi connectivity index (χ0v) is 11.8. The van der Waals surface area contributed by atoms with Gasteiger partial charge >= 0.3 is 5.97 Å². The van der Waals surface area contributed by atoms with Crippen molar-refractivity contribution in [2.75, 3.05) is 18.8 Å². The van der Waals surface area contributed by atoms with E-state index in [0.29, 0.717) is 11.3 Å². The van der Waals surface area contributed by atoms with Crippen LogP contribution in [0.2, 0.25) is 0 Å². The highest BCUT2D eigenvalue weighted by atomic mass is 32.2. The molecular weight excluding hydrogens is 234 g/mol. The first kappa shape index (κ1) is 13.2. The van der Waals surface area contributed by atoms with Crippen LogP contribution < -0.4 is 0 Å². The number of carboxylic acid groups (broad SMARTS) is 1. The van der Waals surface area contributed by atoms with Crippen LogP contribution in [0.15, 0.2) is 0 Å². The predicted molar refractivity (Wildman–Crippen MR) is 71.4 cm³/mol. The first-order valence-corrected chi connectivity index (χ1v) is 7.61. The molecule has 0 amide bonds. The zero-order valence-electron chi connectivity index (χ0n) is 11.0. The molecule has 2 rings (SSSR count). The minimum Gasteiger partial charge on any atom is -0.481 e. The van der Waals surface area contributed by atoms with Gasteiger partial charge in [-0.15, -0.1) is 0 Å². The van der Waals surface area contributed by atoms with E-state index in [-0.39, 0.29) is 5.92 Å². The number of carbonyl (C=O) groups is 1. The minimum absolute atomic E-state index is 0.217. The lowest BCUT2D eigenvalue weighted by atomic mass is 9.76. The van der Waals surface area contributed by atoms with Crippen LogP contribution in [0.5, 0.6) is 0 Å². The molecule has 98 valence electrons. The van der Waals surface area contributed by atoms with Crippen LogP contribution in [-0.2, 0) is 4.79 Å². The number of rotatable bonds is 3. The van der Waals surface area contributed by atoms with E-state index >= 15 is 0 Å². The molecule has 1 N–H and O–H groups in total. The van der Waals surface area contributed by atoms with Crippen LogP contribution >= 0.6 is 11.8 Å². The second-order valence-electron chi connectivity index (χ2n) is 5.77. The Morgan fingerprint density at radius 3 is 2.65 bits per heavy atom. The van der Waals surface area contributed by atoms with E-state index in [0.717, 1.165) is 19.5 Å². The van der Waals surface area contributed by atoms with E-state index in [1.54, 1.807) is 0 Å². The number of thioether (sulfide) groups is 1. The molecular formula is C13H23NO2S. The molecule has 0 aliphatic carbocycles. The average Bonchev–Trinajstić information content (AvgIpc) is 2.83. The predicted octanol–water partition coefficient (Wildman–Crippen LogP) is 2.31. The van der Waals surface area contributed by atoms with Gasteiger partial charge in [-0.2, -0.15) is 11.8 Å². The quantitative estimate of drug-likeness (QED) is 0.842. The van der Waals surface area contributed by atoms with Crippen molar-refractivity contribution in [3.63, 3.8) is 0 Å². The van der Waals surface area contributed by atoms with E-state index < -0.39 is 11.4 Å². The van der Waals surface area contributed by atoms with Gasteiger partial charge in [-0.1, -0.05) is 20.8 Å². The van der Waals surface area contributed by atoms with Crippen LogP contribution in [0, 0.1) is 11.3 Å². The summed E-state index contributed by atoms with van der Waals surface area (Å²) in [7, 11) is 0. The van der Waals surface area contributed by atoms with Gasteiger partial charge in [0.15, 0.2) is 0 Å². The maximum Gasteiger partial charge on any atom is 0.311 e. The summed E-state index contributed by atoms with van der Waals surface area (Å²) in [5.41, 5.74) is -0.507. The van der Waals surface area contributed by atoms with Gasteiger partial charge in [-0.05, 0) is 31.1 Å². The van der Waals surface area contributed by atoms with Crippen molar-refractivity contribution < 1.29 is 9.90 Å². The van der Waals surface area contributed by atoms with Crippen molar-refractivity contribution >= 4 is 17.7 Å². The Hall–Kier alpha value is -0.220. The first-order chi connectivity index (χ1) is 7.97. The van der Waals surface area contributed by atoms with Gasteiger partial charge in [-0.3, -0.25) is 9.69 Å². The summed E-state index contributed by atoms with van der Waals surface area (Å²) >= 11 is 2.02. The average molecular weight is 257 g/mol. The third-order valence-corrected chi connectivity index (χ3v) is 5.98. The Kier molecular flexibility index (Phi) is 3.74. The van der Waals surface area contributed by atoms with E-state index in [1.807, 2.05) is 25.6 Å². The minimum atomic E-state index is -0.603. The summed E-state index contributed by atoms with van der Waals surface area (Å²) in [5.74, 6) is 0.840. The molecule has 2 aliphatic rings. The smallest absolute Gasteiger partial charge is 0.311 e. The molecule has 0 radical (unpaired) electrons. The van der Waals surface area contributed by atoms with Gasteiger partial charge < -0.3 is 5.11 Å². The van der Waals surface area contributed by atoms with Gasteiger partial charge in [0.05, 0.1) is 5.41 Å². The Morgan fingerprint density at radius 2 is 2.24 bits per heavy atom. The lowest BCUT2D eigenvalue weighted by Gasteiger charge is -2.32. The summed E-state index contributed by atoms with van der Waals surface area (Å²) < 4.78 is 0. The van der Waals surface area contributed by atoms with Gasteiger partial charge in [-0.25, -0.2) is 0 Å². The number of aliphatic carboxylic acids is 1. The Balaban J connectivity index is 2.09. The fourth-order valence-electron chi connectivity index (χ4n) is 3.24.